The third-order valence-electron chi connectivity index (χ3n) is 10.6. The molecule has 9 nitrogen and oxygen atoms in total. The van der Waals surface area contributed by atoms with E-state index < -0.39 is 58.4 Å². The summed E-state index contributed by atoms with van der Waals surface area (Å²) < 4.78 is 18.0. The van der Waals surface area contributed by atoms with Crippen LogP contribution in [0.15, 0.2) is 91.0 Å². The lowest BCUT2D eigenvalue weighted by Gasteiger charge is -2.45. The normalized spacial score (nSPS) is 30.9. The van der Waals surface area contributed by atoms with Crippen molar-refractivity contribution in [3.8, 4) is 0 Å². The van der Waals surface area contributed by atoms with Gasteiger partial charge < -0.3 is 29.5 Å². The molecule has 0 amide bonds. The molecular weight excluding hydrogens is 552 g/mol. The van der Waals surface area contributed by atoms with E-state index in [4.69, 9.17) is 14.2 Å². The van der Waals surface area contributed by atoms with E-state index in [0.717, 1.165) is 0 Å². The third kappa shape index (κ3) is 3.59. The molecule has 4 saturated carbocycles. The number of rotatable bonds is 12. The van der Waals surface area contributed by atoms with Gasteiger partial charge in [-0.3, -0.25) is 0 Å². The fraction of sp³-hybridized carbons (Fsp3) is 0.382. The first kappa shape index (κ1) is 29.0. The van der Waals surface area contributed by atoms with Crippen LogP contribution in [0.1, 0.15) is 16.7 Å². The molecule has 6 atom stereocenters. The Labute approximate surface area is 249 Å². The van der Waals surface area contributed by atoms with E-state index in [2.05, 4.69) is 0 Å². The highest BCUT2D eigenvalue weighted by Gasteiger charge is 2.88. The van der Waals surface area contributed by atoms with Gasteiger partial charge in [0.2, 0.25) is 0 Å². The van der Waals surface area contributed by atoms with E-state index in [-0.39, 0.29) is 17.8 Å². The van der Waals surface area contributed by atoms with Crippen LogP contribution < -0.4 is 0 Å². The van der Waals surface area contributed by atoms with Crippen molar-refractivity contribution in [2.24, 2.45) is 41.4 Å². The van der Waals surface area contributed by atoms with Gasteiger partial charge in [-0.25, -0.2) is 14.4 Å². The summed E-state index contributed by atoms with van der Waals surface area (Å²) in [5, 5.41) is 32.8. The minimum atomic E-state index is -1.88. The summed E-state index contributed by atoms with van der Waals surface area (Å²) in [5.41, 5.74) is -4.42. The zero-order valence-electron chi connectivity index (χ0n) is 24.0. The lowest BCUT2D eigenvalue weighted by Crippen LogP contribution is -2.54. The minimum absolute atomic E-state index is 0.355. The van der Waals surface area contributed by atoms with Crippen molar-refractivity contribution in [1.29, 1.82) is 0 Å². The molecule has 0 spiro atoms. The number of aliphatic carboxylic acids is 3. The maximum absolute atomic E-state index is 13.4. The van der Waals surface area contributed by atoms with Gasteiger partial charge in [0.05, 0.1) is 0 Å². The number of carboxylic acid groups (broad SMARTS) is 3. The van der Waals surface area contributed by atoms with Crippen molar-refractivity contribution in [3.05, 3.63) is 108 Å². The largest absolute Gasteiger partial charge is 0.479 e. The Bertz CT molecular complexity index is 1340. The van der Waals surface area contributed by atoms with E-state index in [1.54, 1.807) is 91.0 Å². The molecule has 0 heterocycles. The molecule has 3 aromatic carbocycles. The van der Waals surface area contributed by atoms with Gasteiger partial charge in [0.25, 0.3) is 0 Å². The molecule has 4 aliphatic rings. The first-order chi connectivity index (χ1) is 20.7. The highest BCUT2D eigenvalue weighted by Crippen LogP contribution is 2.85. The van der Waals surface area contributed by atoms with Crippen molar-refractivity contribution < 1.29 is 43.9 Å². The van der Waals surface area contributed by atoms with Crippen molar-refractivity contribution in [2.75, 3.05) is 21.3 Å². The summed E-state index contributed by atoms with van der Waals surface area (Å²) in [5.74, 6) is -7.88. The predicted molar refractivity (Wildman–Crippen MR) is 153 cm³/mol. The van der Waals surface area contributed by atoms with Crippen LogP contribution in [0.2, 0.25) is 0 Å². The first-order valence-electron chi connectivity index (χ1n) is 14.2. The maximum Gasteiger partial charge on any atom is 0.340 e. The third-order valence-corrected chi connectivity index (χ3v) is 10.6. The van der Waals surface area contributed by atoms with Crippen LogP contribution in [0.4, 0.5) is 0 Å². The second kappa shape index (κ2) is 10.3. The highest BCUT2D eigenvalue weighted by atomic mass is 16.5. The van der Waals surface area contributed by atoms with E-state index in [1.807, 2.05) is 0 Å². The fourth-order valence-corrected chi connectivity index (χ4v) is 9.34. The summed E-state index contributed by atoms with van der Waals surface area (Å²) in [7, 11) is 4.02. The predicted octanol–water partition coefficient (Wildman–Crippen LogP) is 4.22. The van der Waals surface area contributed by atoms with Gasteiger partial charge in [-0.05, 0) is 40.4 Å². The topological polar surface area (TPSA) is 140 Å². The molecule has 4 bridgehead atoms. The number of carboxylic acids is 3. The minimum Gasteiger partial charge on any atom is -0.479 e. The van der Waals surface area contributed by atoms with Crippen LogP contribution in [-0.2, 0) is 45.4 Å². The zero-order chi connectivity index (χ0) is 30.7. The molecule has 4 fully saturated rings. The Balaban J connectivity index is 1.65. The Kier molecular flexibility index (Phi) is 6.95. The zero-order valence-corrected chi connectivity index (χ0v) is 24.0. The fourth-order valence-electron chi connectivity index (χ4n) is 9.34. The number of hydrogen-bond donors (Lipinski definition) is 3. The second-order valence-electron chi connectivity index (χ2n) is 11.7. The maximum atomic E-state index is 13.4. The summed E-state index contributed by atoms with van der Waals surface area (Å²) in [6.45, 7) is 0. The van der Waals surface area contributed by atoms with Gasteiger partial charge in [-0.1, -0.05) is 91.0 Å². The van der Waals surface area contributed by atoms with E-state index >= 15 is 0 Å². The summed E-state index contributed by atoms with van der Waals surface area (Å²) in [6, 6.07) is 25.8. The molecular formula is C34H34O9. The molecule has 224 valence electrons. The standard InChI is InChI=1S/C34H34O9/c1-41-32(29(35)36,19-13-7-4-8-14-19)26-22-23-24(22)28(34(43-3,31(39)40)21-17-11-6-12-18-21)25(26)27(23)33(42-2,30(37)38)20-15-9-5-10-16-20/h4-18,22-28H,1-3H3,(H,35,36)(H,37,38)(H,39,40)/t22?,23?,24?,25?,26-,27-,28-,32+,33+,34+/m0/s1. The molecule has 3 aromatic rings. The monoisotopic (exact) mass is 586 g/mol. The average molecular weight is 587 g/mol. The van der Waals surface area contributed by atoms with Gasteiger partial charge in [-0.2, -0.15) is 0 Å². The molecule has 0 radical (unpaired) electrons. The van der Waals surface area contributed by atoms with Crippen LogP contribution in [0.3, 0.4) is 0 Å². The van der Waals surface area contributed by atoms with Crippen molar-refractivity contribution in [3.63, 3.8) is 0 Å². The van der Waals surface area contributed by atoms with Gasteiger partial charge in [0.1, 0.15) is 0 Å². The molecule has 3 N–H and O–H groups in total. The smallest absolute Gasteiger partial charge is 0.340 e. The number of benzene rings is 3. The molecule has 43 heavy (non-hydrogen) atoms. The van der Waals surface area contributed by atoms with Crippen molar-refractivity contribution in [1.82, 2.24) is 0 Å². The van der Waals surface area contributed by atoms with Crippen LogP contribution in [0, 0.1) is 41.4 Å². The SMILES string of the molecule is CO[C@](C(=O)O)(c1ccccc1)[C@H]1C2C3C2[C@H]([C@@](OC)(C(=O)O)c2ccccc2)C1[C@H]3[C@@](OC)(C(=O)O)c1ccccc1. The van der Waals surface area contributed by atoms with Gasteiger partial charge in [-0.15, -0.1) is 0 Å². The van der Waals surface area contributed by atoms with E-state index in [0.29, 0.717) is 16.7 Å². The van der Waals surface area contributed by atoms with E-state index in [1.165, 1.54) is 21.3 Å². The molecule has 7 rings (SSSR count). The molecule has 9 heteroatoms. The quantitative estimate of drug-likeness (QED) is 0.285. The van der Waals surface area contributed by atoms with Crippen molar-refractivity contribution in [2.45, 2.75) is 16.8 Å². The highest BCUT2D eigenvalue weighted by molar-refractivity contribution is 5.84. The Morgan fingerprint density at radius 1 is 0.465 bits per heavy atom. The number of methoxy groups -OCH3 is 3. The molecule has 0 aliphatic heterocycles. The molecule has 0 unspecified atom stereocenters. The Morgan fingerprint density at radius 3 is 0.884 bits per heavy atom. The summed E-state index contributed by atoms with van der Waals surface area (Å²) in [6.07, 6.45) is 0. The van der Waals surface area contributed by atoms with Crippen LogP contribution >= 0.6 is 0 Å². The van der Waals surface area contributed by atoms with Crippen LogP contribution in [0.5, 0.6) is 0 Å². The Morgan fingerprint density at radius 2 is 0.698 bits per heavy atom. The first-order valence-corrected chi connectivity index (χ1v) is 14.2. The lowest BCUT2D eigenvalue weighted by atomic mass is 9.64. The number of carbonyl (C=O) groups is 3. The van der Waals surface area contributed by atoms with Gasteiger partial charge in [0.15, 0.2) is 16.8 Å². The summed E-state index contributed by atoms with van der Waals surface area (Å²) >= 11 is 0. The van der Waals surface area contributed by atoms with Crippen LogP contribution in [0.25, 0.3) is 0 Å². The molecule has 0 aromatic heterocycles. The molecule has 4 aliphatic carbocycles. The lowest BCUT2D eigenvalue weighted by molar-refractivity contribution is -0.192. The summed E-state index contributed by atoms with van der Waals surface area (Å²) in [4.78, 5) is 40.2. The number of hydrogen-bond acceptors (Lipinski definition) is 6. The second-order valence-corrected chi connectivity index (χ2v) is 11.7. The molecule has 0 saturated heterocycles. The Hall–Kier alpha value is -4.05. The van der Waals surface area contributed by atoms with E-state index in [9.17, 15) is 29.7 Å². The van der Waals surface area contributed by atoms with Gasteiger partial charge >= 0.3 is 17.9 Å². The average Bonchev–Trinajstić information content (AvgIpc) is 3.27. The van der Waals surface area contributed by atoms with Crippen molar-refractivity contribution >= 4 is 17.9 Å². The van der Waals surface area contributed by atoms with Crippen LogP contribution in [-0.4, -0.2) is 54.6 Å². The van der Waals surface area contributed by atoms with Gasteiger partial charge in [0, 0.05) is 39.1 Å². The number of ether oxygens (including phenoxy) is 3.